The lowest BCUT2D eigenvalue weighted by Gasteiger charge is -2.15. The fourth-order valence-corrected chi connectivity index (χ4v) is 1.14. The maximum absolute atomic E-state index is 8.66. The van der Waals surface area contributed by atoms with E-state index in [1.165, 1.54) is 12.8 Å². The van der Waals surface area contributed by atoms with Gasteiger partial charge in [-0.1, -0.05) is 6.92 Å². The molecule has 0 aromatic heterocycles. The Balaban J connectivity index is 2.22. The number of aliphatic hydroxyl groups excluding tert-OH is 1. The standard InChI is InChI=1S/C7H15NO/c1-5(6-2-3-6)7(8)4-9/h5-7,9H,2-4,8H2,1H3. The Kier molecular flexibility index (Phi) is 2.09. The molecule has 1 rings (SSSR count). The Bertz CT molecular complexity index is 90.9. The van der Waals surface area contributed by atoms with Crippen molar-refractivity contribution in [2.45, 2.75) is 25.8 Å². The predicted molar refractivity (Wildman–Crippen MR) is 36.9 cm³/mol. The van der Waals surface area contributed by atoms with Crippen LogP contribution in [0.2, 0.25) is 0 Å². The molecule has 1 fully saturated rings. The summed E-state index contributed by atoms with van der Waals surface area (Å²) in [4.78, 5) is 0. The summed E-state index contributed by atoms with van der Waals surface area (Å²) in [5.74, 6) is 1.34. The zero-order chi connectivity index (χ0) is 6.85. The molecule has 0 spiro atoms. The summed E-state index contributed by atoms with van der Waals surface area (Å²) in [6.45, 7) is 2.26. The summed E-state index contributed by atoms with van der Waals surface area (Å²) in [7, 11) is 0. The van der Waals surface area contributed by atoms with Gasteiger partial charge in [-0.25, -0.2) is 0 Å². The molecule has 2 unspecified atom stereocenters. The van der Waals surface area contributed by atoms with Gasteiger partial charge in [0.2, 0.25) is 0 Å². The second kappa shape index (κ2) is 2.67. The fourth-order valence-electron chi connectivity index (χ4n) is 1.14. The Morgan fingerprint density at radius 3 is 2.56 bits per heavy atom. The number of hydrogen-bond donors (Lipinski definition) is 2. The van der Waals surface area contributed by atoms with Crippen molar-refractivity contribution in [3.05, 3.63) is 0 Å². The van der Waals surface area contributed by atoms with Gasteiger partial charge < -0.3 is 10.8 Å². The molecule has 1 aliphatic carbocycles. The minimum Gasteiger partial charge on any atom is -0.395 e. The van der Waals surface area contributed by atoms with Crippen molar-refractivity contribution in [3.63, 3.8) is 0 Å². The quantitative estimate of drug-likeness (QED) is 0.577. The van der Waals surface area contributed by atoms with Gasteiger partial charge in [0.05, 0.1) is 6.61 Å². The Labute approximate surface area is 56.1 Å². The highest BCUT2D eigenvalue weighted by Crippen LogP contribution is 2.37. The first-order valence-electron chi connectivity index (χ1n) is 3.62. The van der Waals surface area contributed by atoms with Crippen molar-refractivity contribution in [1.82, 2.24) is 0 Å². The first kappa shape index (κ1) is 7.03. The highest BCUT2D eigenvalue weighted by molar-refractivity contribution is 4.84. The molecule has 2 nitrogen and oxygen atoms in total. The topological polar surface area (TPSA) is 46.2 Å². The summed E-state index contributed by atoms with van der Waals surface area (Å²) < 4.78 is 0. The molecule has 9 heavy (non-hydrogen) atoms. The van der Waals surface area contributed by atoms with Gasteiger partial charge in [0, 0.05) is 6.04 Å². The van der Waals surface area contributed by atoms with Crippen LogP contribution >= 0.6 is 0 Å². The Morgan fingerprint density at radius 2 is 2.22 bits per heavy atom. The van der Waals surface area contributed by atoms with E-state index in [2.05, 4.69) is 6.92 Å². The highest BCUT2D eigenvalue weighted by Gasteiger charge is 2.31. The smallest absolute Gasteiger partial charge is 0.0585 e. The molecule has 0 bridgehead atoms. The minimum absolute atomic E-state index is 0.0116. The molecule has 2 atom stereocenters. The van der Waals surface area contributed by atoms with Gasteiger partial charge in [-0.05, 0) is 24.7 Å². The number of hydrogen-bond acceptors (Lipinski definition) is 2. The van der Waals surface area contributed by atoms with Gasteiger partial charge in [-0.2, -0.15) is 0 Å². The van der Waals surface area contributed by atoms with Crippen LogP contribution in [0.15, 0.2) is 0 Å². The third-order valence-electron chi connectivity index (χ3n) is 2.25. The minimum atomic E-state index is 0.0116. The summed E-state index contributed by atoms with van der Waals surface area (Å²) in [5, 5.41) is 8.66. The third kappa shape index (κ3) is 1.66. The van der Waals surface area contributed by atoms with Gasteiger partial charge >= 0.3 is 0 Å². The van der Waals surface area contributed by atoms with E-state index in [1.807, 2.05) is 0 Å². The van der Waals surface area contributed by atoms with Crippen molar-refractivity contribution in [1.29, 1.82) is 0 Å². The summed E-state index contributed by atoms with van der Waals surface area (Å²) in [6.07, 6.45) is 2.63. The maximum atomic E-state index is 8.66. The molecule has 54 valence electrons. The van der Waals surface area contributed by atoms with E-state index >= 15 is 0 Å². The molecule has 0 heterocycles. The fraction of sp³-hybridized carbons (Fsp3) is 1.00. The van der Waals surface area contributed by atoms with Crippen LogP contribution in [0.1, 0.15) is 19.8 Å². The van der Waals surface area contributed by atoms with Crippen LogP contribution in [0.25, 0.3) is 0 Å². The molecule has 0 aromatic carbocycles. The van der Waals surface area contributed by atoms with E-state index in [9.17, 15) is 0 Å². The van der Waals surface area contributed by atoms with Gasteiger partial charge in [0.25, 0.3) is 0 Å². The van der Waals surface area contributed by atoms with E-state index in [-0.39, 0.29) is 12.6 Å². The molecule has 1 aliphatic rings. The lowest BCUT2D eigenvalue weighted by Crippen LogP contribution is -2.32. The maximum Gasteiger partial charge on any atom is 0.0585 e. The summed E-state index contributed by atoms with van der Waals surface area (Å²) >= 11 is 0. The molecule has 0 aliphatic heterocycles. The lowest BCUT2D eigenvalue weighted by molar-refractivity contribution is 0.222. The number of rotatable bonds is 3. The van der Waals surface area contributed by atoms with E-state index in [0.29, 0.717) is 5.92 Å². The van der Waals surface area contributed by atoms with E-state index in [1.54, 1.807) is 0 Å². The van der Waals surface area contributed by atoms with E-state index in [4.69, 9.17) is 10.8 Å². The molecule has 1 saturated carbocycles. The molecular formula is C7H15NO. The van der Waals surface area contributed by atoms with Crippen molar-refractivity contribution in [2.24, 2.45) is 17.6 Å². The molecule has 0 amide bonds. The largest absolute Gasteiger partial charge is 0.395 e. The molecule has 0 radical (unpaired) electrons. The average molecular weight is 129 g/mol. The average Bonchev–Trinajstić information content (AvgIpc) is 2.66. The van der Waals surface area contributed by atoms with Crippen LogP contribution in [0.4, 0.5) is 0 Å². The third-order valence-corrected chi connectivity index (χ3v) is 2.25. The van der Waals surface area contributed by atoms with Crippen LogP contribution < -0.4 is 5.73 Å². The Morgan fingerprint density at radius 1 is 1.67 bits per heavy atom. The van der Waals surface area contributed by atoms with E-state index < -0.39 is 0 Å². The van der Waals surface area contributed by atoms with Crippen molar-refractivity contribution < 1.29 is 5.11 Å². The second-order valence-electron chi connectivity index (χ2n) is 3.04. The normalized spacial score (nSPS) is 25.7. The summed E-state index contributed by atoms with van der Waals surface area (Å²) in [5.41, 5.74) is 5.61. The lowest BCUT2D eigenvalue weighted by atomic mass is 9.98. The predicted octanol–water partition coefficient (Wildman–Crippen LogP) is 0.352. The van der Waals surface area contributed by atoms with Gasteiger partial charge in [-0.3, -0.25) is 0 Å². The summed E-state index contributed by atoms with van der Waals surface area (Å²) in [6, 6.07) is 0.0116. The van der Waals surface area contributed by atoms with Crippen LogP contribution in [0, 0.1) is 11.8 Å². The van der Waals surface area contributed by atoms with Gasteiger partial charge in [0.1, 0.15) is 0 Å². The van der Waals surface area contributed by atoms with Crippen LogP contribution in [-0.4, -0.2) is 17.8 Å². The zero-order valence-electron chi connectivity index (χ0n) is 5.88. The van der Waals surface area contributed by atoms with Crippen molar-refractivity contribution in [3.8, 4) is 0 Å². The van der Waals surface area contributed by atoms with E-state index in [0.717, 1.165) is 5.92 Å². The molecule has 0 aromatic rings. The molecule has 2 heteroatoms. The Hall–Kier alpha value is -0.0800. The second-order valence-corrected chi connectivity index (χ2v) is 3.04. The first-order valence-corrected chi connectivity index (χ1v) is 3.62. The van der Waals surface area contributed by atoms with Crippen LogP contribution in [0.5, 0.6) is 0 Å². The van der Waals surface area contributed by atoms with Crippen LogP contribution in [0.3, 0.4) is 0 Å². The molecule has 3 N–H and O–H groups in total. The van der Waals surface area contributed by atoms with Gasteiger partial charge in [0.15, 0.2) is 0 Å². The zero-order valence-corrected chi connectivity index (χ0v) is 5.88. The number of aliphatic hydroxyl groups is 1. The number of nitrogens with two attached hydrogens (primary N) is 1. The van der Waals surface area contributed by atoms with Gasteiger partial charge in [-0.15, -0.1) is 0 Å². The van der Waals surface area contributed by atoms with Crippen molar-refractivity contribution >= 4 is 0 Å². The molecular weight excluding hydrogens is 114 g/mol. The van der Waals surface area contributed by atoms with Crippen molar-refractivity contribution in [2.75, 3.05) is 6.61 Å². The highest BCUT2D eigenvalue weighted by atomic mass is 16.3. The SMILES string of the molecule is CC(C(N)CO)C1CC1. The first-order chi connectivity index (χ1) is 4.25. The molecule has 0 saturated heterocycles. The van der Waals surface area contributed by atoms with Crippen LogP contribution in [-0.2, 0) is 0 Å². The monoisotopic (exact) mass is 129 g/mol.